The van der Waals surface area contributed by atoms with Crippen LogP contribution in [-0.2, 0) is 24.1 Å². The van der Waals surface area contributed by atoms with E-state index in [0.717, 1.165) is 63.6 Å². The van der Waals surface area contributed by atoms with Crippen LogP contribution < -0.4 is 0 Å². The van der Waals surface area contributed by atoms with Gasteiger partial charge in [0.15, 0.2) is 0 Å². The molecule has 5 nitrogen and oxygen atoms in total. The van der Waals surface area contributed by atoms with Crippen molar-refractivity contribution in [2.75, 3.05) is 26.3 Å². The third-order valence-electron chi connectivity index (χ3n) is 4.90. The second-order valence-corrected chi connectivity index (χ2v) is 6.53. The topological polar surface area (TPSA) is 51.4 Å². The third kappa shape index (κ3) is 3.16. The van der Waals surface area contributed by atoms with Crippen molar-refractivity contribution in [2.45, 2.75) is 38.6 Å². The van der Waals surface area contributed by atoms with Gasteiger partial charge in [0.2, 0.25) is 0 Å². The zero-order valence-electron chi connectivity index (χ0n) is 13.6. The minimum absolute atomic E-state index is 0.450. The first-order chi connectivity index (χ1) is 11.3. The molecule has 0 saturated carbocycles. The van der Waals surface area contributed by atoms with Crippen LogP contribution >= 0.6 is 0 Å². The van der Waals surface area contributed by atoms with E-state index in [1.165, 1.54) is 17.0 Å². The molecule has 2 aromatic heterocycles. The lowest BCUT2D eigenvalue weighted by atomic mass is 9.96. The van der Waals surface area contributed by atoms with Crippen molar-refractivity contribution in [3.63, 3.8) is 0 Å². The largest absolute Gasteiger partial charge is 0.465 e. The molecule has 4 rings (SSSR count). The Labute approximate surface area is 136 Å². The van der Waals surface area contributed by atoms with Crippen LogP contribution in [0, 0.1) is 6.92 Å². The summed E-state index contributed by atoms with van der Waals surface area (Å²) in [7, 11) is 0. The van der Waals surface area contributed by atoms with E-state index in [-0.39, 0.29) is 0 Å². The number of aryl methyl sites for hydroxylation is 1. The number of hydrogen-bond donors (Lipinski definition) is 0. The monoisotopic (exact) mass is 313 g/mol. The Hall–Kier alpha value is -1.72. The van der Waals surface area contributed by atoms with Crippen LogP contribution in [-0.4, -0.2) is 41.2 Å². The number of furan rings is 1. The highest BCUT2D eigenvalue weighted by atomic mass is 16.5. The Morgan fingerprint density at radius 1 is 1.22 bits per heavy atom. The van der Waals surface area contributed by atoms with Crippen LogP contribution in [0.4, 0.5) is 0 Å². The molecule has 1 fully saturated rings. The molecular weight excluding hydrogens is 290 g/mol. The predicted octanol–water partition coefficient (Wildman–Crippen LogP) is 2.48. The summed E-state index contributed by atoms with van der Waals surface area (Å²) >= 11 is 0. The van der Waals surface area contributed by atoms with E-state index in [0.29, 0.717) is 5.92 Å². The Kier molecular flexibility index (Phi) is 4.14. The maximum atomic E-state index is 5.72. The molecule has 2 aromatic rings. The molecule has 2 aliphatic heterocycles. The molecule has 1 saturated heterocycles. The zero-order chi connectivity index (χ0) is 15.6. The third-order valence-corrected chi connectivity index (χ3v) is 4.90. The van der Waals surface area contributed by atoms with E-state index >= 15 is 0 Å². The quantitative estimate of drug-likeness (QED) is 0.871. The number of rotatable bonds is 3. The molecule has 0 aliphatic carbocycles. The average Bonchev–Trinajstić information content (AvgIpc) is 3.17. The first-order valence-electron chi connectivity index (χ1n) is 8.47. The van der Waals surface area contributed by atoms with Gasteiger partial charge in [0.1, 0.15) is 17.8 Å². The van der Waals surface area contributed by atoms with Gasteiger partial charge in [0.25, 0.3) is 0 Å². The van der Waals surface area contributed by atoms with Crippen LogP contribution in [0.15, 0.2) is 22.9 Å². The molecule has 2 aliphatic rings. The summed E-state index contributed by atoms with van der Waals surface area (Å²) in [5.74, 6) is 2.47. The molecule has 0 amide bonds. The first kappa shape index (κ1) is 14.8. The molecule has 1 unspecified atom stereocenters. The van der Waals surface area contributed by atoms with Crippen molar-refractivity contribution in [3.05, 3.63) is 46.9 Å². The van der Waals surface area contributed by atoms with Crippen molar-refractivity contribution in [3.8, 4) is 0 Å². The molecule has 0 spiro atoms. The van der Waals surface area contributed by atoms with Crippen LogP contribution in [0.1, 0.15) is 40.8 Å². The average molecular weight is 313 g/mol. The Morgan fingerprint density at radius 2 is 2.13 bits per heavy atom. The lowest BCUT2D eigenvalue weighted by Crippen LogP contribution is -2.25. The first-order valence-corrected chi connectivity index (χ1v) is 8.47. The molecule has 4 heterocycles. The van der Waals surface area contributed by atoms with E-state index in [1.807, 2.05) is 13.0 Å². The molecular formula is C18H23N3O2. The van der Waals surface area contributed by atoms with Gasteiger partial charge in [-0.15, -0.1) is 0 Å². The van der Waals surface area contributed by atoms with Gasteiger partial charge in [-0.2, -0.15) is 0 Å². The summed E-state index contributed by atoms with van der Waals surface area (Å²) in [5.41, 5.74) is 3.81. The fourth-order valence-corrected chi connectivity index (χ4v) is 3.65. The summed E-state index contributed by atoms with van der Waals surface area (Å²) < 4.78 is 11.3. The van der Waals surface area contributed by atoms with Crippen molar-refractivity contribution >= 4 is 0 Å². The van der Waals surface area contributed by atoms with E-state index in [2.05, 4.69) is 20.9 Å². The van der Waals surface area contributed by atoms with E-state index in [4.69, 9.17) is 9.15 Å². The van der Waals surface area contributed by atoms with E-state index < -0.39 is 0 Å². The Balaban J connectivity index is 1.50. The number of ether oxygens (including phenoxy) is 1. The summed E-state index contributed by atoms with van der Waals surface area (Å²) in [6, 6.07) is 4.11. The zero-order valence-corrected chi connectivity index (χ0v) is 13.6. The van der Waals surface area contributed by atoms with Crippen molar-refractivity contribution < 1.29 is 9.15 Å². The van der Waals surface area contributed by atoms with Crippen LogP contribution in [0.25, 0.3) is 0 Å². The SMILES string of the molecule is Cc1ccc(CN2CCc3ncnc(C4CCOC4)c3CC2)o1. The lowest BCUT2D eigenvalue weighted by molar-refractivity contribution is 0.193. The highest BCUT2D eigenvalue weighted by molar-refractivity contribution is 5.30. The minimum atomic E-state index is 0.450. The lowest BCUT2D eigenvalue weighted by Gasteiger charge is -2.18. The number of fused-ring (bicyclic) bond motifs is 1. The fourth-order valence-electron chi connectivity index (χ4n) is 3.65. The minimum Gasteiger partial charge on any atom is -0.465 e. The Morgan fingerprint density at radius 3 is 2.91 bits per heavy atom. The van der Waals surface area contributed by atoms with Gasteiger partial charge in [-0.05, 0) is 37.5 Å². The number of nitrogens with zero attached hydrogens (tertiary/aromatic N) is 3. The number of aromatic nitrogens is 2. The second-order valence-electron chi connectivity index (χ2n) is 6.53. The summed E-state index contributed by atoms with van der Waals surface area (Å²) in [5, 5.41) is 0. The smallest absolute Gasteiger partial charge is 0.118 e. The maximum Gasteiger partial charge on any atom is 0.118 e. The van der Waals surface area contributed by atoms with Crippen LogP contribution in [0.5, 0.6) is 0 Å². The summed E-state index contributed by atoms with van der Waals surface area (Å²) in [6.07, 6.45) is 4.82. The van der Waals surface area contributed by atoms with Gasteiger partial charge in [0.05, 0.1) is 18.8 Å². The van der Waals surface area contributed by atoms with Crippen LogP contribution in [0.3, 0.4) is 0 Å². The molecule has 122 valence electrons. The normalized spacial score (nSPS) is 22.0. The van der Waals surface area contributed by atoms with Gasteiger partial charge in [-0.25, -0.2) is 9.97 Å². The highest BCUT2D eigenvalue weighted by Crippen LogP contribution is 2.29. The highest BCUT2D eigenvalue weighted by Gasteiger charge is 2.26. The molecule has 0 radical (unpaired) electrons. The molecule has 0 bridgehead atoms. The second kappa shape index (κ2) is 6.42. The molecule has 23 heavy (non-hydrogen) atoms. The number of hydrogen-bond acceptors (Lipinski definition) is 5. The van der Waals surface area contributed by atoms with Gasteiger partial charge < -0.3 is 9.15 Å². The van der Waals surface area contributed by atoms with Gasteiger partial charge in [-0.3, -0.25) is 4.90 Å². The van der Waals surface area contributed by atoms with Crippen molar-refractivity contribution in [1.82, 2.24) is 14.9 Å². The summed E-state index contributed by atoms with van der Waals surface area (Å²) in [4.78, 5) is 11.6. The van der Waals surface area contributed by atoms with Crippen molar-refractivity contribution in [2.24, 2.45) is 0 Å². The molecule has 0 aromatic carbocycles. The van der Waals surface area contributed by atoms with Gasteiger partial charge in [0, 0.05) is 37.7 Å². The van der Waals surface area contributed by atoms with Crippen LogP contribution in [0.2, 0.25) is 0 Å². The van der Waals surface area contributed by atoms with E-state index in [1.54, 1.807) is 6.33 Å². The predicted molar refractivity (Wildman–Crippen MR) is 86.3 cm³/mol. The maximum absolute atomic E-state index is 5.72. The molecule has 5 heteroatoms. The summed E-state index contributed by atoms with van der Waals surface area (Å²) in [6.45, 7) is 6.57. The standard InChI is InChI=1S/C18H23N3O2/c1-13-2-3-15(23-13)10-21-7-4-16-17(5-8-21)19-12-20-18(16)14-6-9-22-11-14/h2-3,12,14H,4-11H2,1H3. The molecule has 0 N–H and O–H groups in total. The van der Waals surface area contributed by atoms with Crippen molar-refractivity contribution in [1.29, 1.82) is 0 Å². The fraction of sp³-hybridized carbons (Fsp3) is 0.556. The van der Waals surface area contributed by atoms with Gasteiger partial charge in [-0.1, -0.05) is 0 Å². The molecule has 1 atom stereocenters. The van der Waals surface area contributed by atoms with Gasteiger partial charge >= 0.3 is 0 Å². The van der Waals surface area contributed by atoms with E-state index in [9.17, 15) is 0 Å². The Bertz CT molecular complexity index is 677.